The van der Waals surface area contributed by atoms with Crippen molar-refractivity contribution in [3.8, 4) is 11.8 Å². The monoisotopic (exact) mass is 264 g/mol. The highest BCUT2D eigenvalue weighted by Gasteiger charge is 2.09. The van der Waals surface area contributed by atoms with E-state index < -0.39 is 5.82 Å². The average molecular weight is 264 g/mol. The predicted octanol–water partition coefficient (Wildman–Crippen LogP) is 2.14. The molecule has 5 heteroatoms. The maximum absolute atomic E-state index is 13.5. The Morgan fingerprint density at radius 1 is 1.53 bits per heavy atom. The molecular formula is C14H17FN2O2. The van der Waals surface area contributed by atoms with Crippen molar-refractivity contribution in [3.05, 3.63) is 29.6 Å². The van der Waals surface area contributed by atoms with Crippen LogP contribution in [0.5, 0.6) is 5.75 Å². The first-order valence-corrected chi connectivity index (χ1v) is 6.01. The van der Waals surface area contributed by atoms with Gasteiger partial charge in [-0.05, 0) is 24.1 Å². The summed E-state index contributed by atoms with van der Waals surface area (Å²) >= 11 is 0. The largest absolute Gasteiger partial charge is 0.494 e. The van der Waals surface area contributed by atoms with E-state index in [1.165, 1.54) is 13.2 Å². The van der Waals surface area contributed by atoms with Gasteiger partial charge in [-0.25, -0.2) is 4.39 Å². The average Bonchev–Trinajstić information content (AvgIpc) is 2.42. The second-order valence-corrected chi connectivity index (χ2v) is 4.19. The molecular weight excluding hydrogens is 247 g/mol. The van der Waals surface area contributed by atoms with Crippen LogP contribution in [0.15, 0.2) is 18.2 Å². The quantitative estimate of drug-likeness (QED) is 0.791. The van der Waals surface area contributed by atoms with Crippen molar-refractivity contribution < 1.29 is 13.9 Å². The smallest absolute Gasteiger partial charge is 0.223 e. The maximum Gasteiger partial charge on any atom is 0.223 e. The summed E-state index contributed by atoms with van der Waals surface area (Å²) in [5.74, 6) is -0.267. The number of nitriles is 1. The van der Waals surface area contributed by atoms with Crippen molar-refractivity contribution in [2.45, 2.75) is 19.3 Å². The molecule has 0 saturated heterocycles. The summed E-state index contributed by atoms with van der Waals surface area (Å²) in [5.41, 5.74) is 0.804. The van der Waals surface area contributed by atoms with Crippen LogP contribution < -0.4 is 4.74 Å². The predicted molar refractivity (Wildman–Crippen MR) is 69.1 cm³/mol. The van der Waals surface area contributed by atoms with Crippen LogP contribution in [-0.4, -0.2) is 31.5 Å². The van der Waals surface area contributed by atoms with Gasteiger partial charge in [0.2, 0.25) is 5.91 Å². The highest BCUT2D eigenvalue weighted by Crippen LogP contribution is 2.18. The molecule has 0 aromatic heterocycles. The summed E-state index contributed by atoms with van der Waals surface area (Å²) in [6, 6.07) is 6.69. The Hall–Kier alpha value is -2.09. The number of ether oxygens (including phenoxy) is 1. The van der Waals surface area contributed by atoms with E-state index >= 15 is 0 Å². The Morgan fingerprint density at radius 3 is 2.84 bits per heavy atom. The molecule has 0 saturated carbocycles. The van der Waals surface area contributed by atoms with Gasteiger partial charge in [-0.3, -0.25) is 4.79 Å². The van der Waals surface area contributed by atoms with Crippen LogP contribution in [0.1, 0.15) is 18.4 Å². The Balaban J connectivity index is 2.50. The molecule has 102 valence electrons. The minimum atomic E-state index is -0.404. The number of hydrogen-bond acceptors (Lipinski definition) is 3. The molecule has 0 radical (unpaired) electrons. The zero-order valence-corrected chi connectivity index (χ0v) is 11.1. The van der Waals surface area contributed by atoms with E-state index in [0.29, 0.717) is 13.0 Å². The van der Waals surface area contributed by atoms with Crippen LogP contribution in [0.2, 0.25) is 0 Å². The Morgan fingerprint density at radius 2 is 2.26 bits per heavy atom. The highest BCUT2D eigenvalue weighted by molar-refractivity contribution is 5.76. The summed E-state index contributed by atoms with van der Waals surface area (Å²) in [7, 11) is 3.10. The molecule has 1 rings (SSSR count). The molecule has 0 atom stereocenters. The van der Waals surface area contributed by atoms with E-state index in [2.05, 4.69) is 0 Å². The summed E-state index contributed by atoms with van der Waals surface area (Å²) < 4.78 is 18.3. The normalized spacial score (nSPS) is 9.79. The third kappa shape index (κ3) is 4.59. The standard InChI is InChI=1S/C14H17FN2O2/c1-17(14(18)4-3-8-16)9-7-11-5-6-13(19-2)12(15)10-11/h5-6,10H,3-4,7,9H2,1-2H3. The molecule has 1 aromatic carbocycles. The van der Waals surface area contributed by atoms with Crippen molar-refractivity contribution in [3.63, 3.8) is 0 Å². The van der Waals surface area contributed by atoms with E-state index in [-0.39, 0.29) is 24.5 Å². The van der Waals surface area contributed by atoms with Gasteiger partial charge in [0.25, 0.3) is 0 Å². The fourth-order valence-corrected chi connectivity index (χ4v) is 1.64. The van der Waals surface area contributed by atoms with Crippen LogP contribution in [0.3, 0.4) is 0 Å². The first kappa shape index (κ1) is 15.0. The van der Waals surface area contributed by atoms with Crippen LogP contribution in [-0.2, 0) is 11.2 Å². The molecule has 1 aromatic rings. The topological polar surface area (TPSA) is 53.3 Å². The second-order valence-electron chi connectivity index (χ2n) is 4.19. The Labute approximate surface area is 112 Å². The molecule has 0 aliphatic heterocycles. The van der Waals surface area contributed by atoms with Gasteiger partial charge in [-0.15, -0.1) is 0 Å². The summed E-state index contributed by atoms with van der Waals surface area (Å²) in [6.45, 7) is 0.496. The van der Waals surface area contributed by atoms with Gasteiger partial charge in [0.05, 0.1) is 13.2 Å². The first-order chi connectivity index (χ1) is 9.08. The van der Waals surface area contributed by atoms with E-state index in [4.69, 9.17) is 10.00 Å². The second kappa shape index (κ2) is 7.37. The number of amides is 1. The number of halogens is 1. The number of hydrogen-bond donors (Lipinski definition) is 0. The van der Waals surface area contributed by atoms with Crippen LogP contribution in [0, 0.1) is 17.1 Å². The molecule has 0 unspecified atom stereocenters. The van der Waals surface area contributed by atoms with Gasteiger partial charge >= 0.3 is 0 Å². The molecule has 0 aliphatic carbocycles. The summed E-state index contributed by atoms with van der Waals surface area (Å²) in [6.07, 6.45) is 1.01. The van der Waals surface area contributed by atoms with Gasteiger partial charge in [-0.2, -0.15) is 5.26 Å². The Kier molecular flexibility index (Phi) is 5.80. The fourth-order valence-electron chi connectivity index (χ4n) is 1.64. The first-order valence-electron chi connectivity index (χ1n) is 6.01. The van der Waals surface area contributed by atoms with Crippen molar-refractivity contribution in [1.29, 1.82) is 5.26 Å². The van der Waals surface area contributed by atoms with E-state index in [9.17, 15) is 9.18 Å². The summed E-state index contributed by atoms with van der Waals surface area (Å²) in [5, 5.41) is 8.41. The van der Waals surface area contributed by atoms with E-state index in [1.807, 2.05) is 6.07 Å². The number of methoxy groups -OCH3 is 1. The molecule has 19 heavy (non-hydrogen) atoms. The maximum atomic E-state index is 13.5. The third-order valence-electron chi connectivity index (χ3n) is 2.83. The molecule has 0 bridgehead atoms. The van der Waals surface area contributed by atoms with Gasteiger partial charge < -0.3 is 9.64 Å². The van der Waals surface area contributed by atoms with Crippen molar-refractivity contribution in [1.82, 2.24) is 4.90 Å². The minimum Gasteiger partial charge on any atom is -0.494 e. The fraction of sp³-hybridized carbons (Fsp3) is 0.429. The molecule has 4 nitrogen and oxygen atoms in total. The zero-order valence-electron chi connectivity index (χ0n) is 11.1. The zero-order chi connectivity index (χ0) is 14.3. The highest BCUT2D eigenvalue weighted by atomic mass is 19.1. The van der Waals surface area contributed by atoms with Gasteiger partial charge in [0.15, 0.2) is 11.6 Å². The molecule has 0 heterocycles. The number of benzene rings is 1. The molecule has 1 amide bonds. The van der Waals surface area contributed by atoms with Crippen molar-refractivity contribution >= 4 is 5.91 Å². The van der Waals surface area contributed by atoms with Crippen molar-refractivity contribution in [2.75, 3.05) is 20.7 Å². The molecule has 0 spiro atoms. The van der Waals surface area contributed by atoms with E-state index in [0.717, 1.165) is 5.56 Å². The number of nitrogens with zero attached hydrogens (tertiary/aromatic N) is 2. The van der Waals surface area contributed by atoms with Crippen LogP contribution in [0.25, 0.3) is 0 Å². The number of carbonyl (C=O) groups excluding carboxylic acids is 1. The van der Waals surface area contributed by atoms with Crippen LogP contribution >= 0.6 is 0 Å². The lowest BCUT2D eigenvalue weighted by Gasteiger charge is -2.16. The molecule has 0 N–H and O–H groups in total. The summed E-state index contributed by atoms with van der Waals surface area (Å²) in [4.78, 5) is 13.1. The SMILES string of the molecule is COc1ccc(CCN(C)C(=O)CCC#N)cc1F. The van der Waals surface area contributed by atoms with Gasteiger partial charge in [0.1, 0.15) is 0 Å². The number of likely N-dealkylation sites (N-methyl/N-ethyl adjacent to an activating group) is 1. The minimum absolute atomic E-state index is 0.0736. The lowest BCUT2D eigenvalue weighted by molar-refractivity contribution is -0.129. The Bertz CT molecular complexity index is 483. The van der Waals surface area contributed by atoms with Crippen LogP contribution in [0.4, 0.5) is 4.39 Å². The number of rotatable bonds is 6. The van der Waals surface area contributed by atoms with Crippen molar-refractivity contribution in [2.24, 2.45) is 0 Å². The lowest BCUT2D eigenvalue weighted by atomic mass is 10.1. The van der Waals surface area contributed by atoms with E-state index in [1.54, 1.807) is 24.1 Å². The van der Waals surface area contributed by atoms with Gasteiger partial charge in [0, 0.05) is 26.4 Å². The third-order valence-corrected chi connectivity index (χ3v) is 2.83. The lowest BCUT2D eigenvalue weighted by Crippen LogP contribution is -2.28. The molecule has 0 fully saturated rings. The van der Waals surface area contributed by atoms with Gasteiger partial charge in [-0.1, -0.05) is 6.07 Å². The number of carbonyl (C=O) groups is 1. The molecule has 0 aliphatic rings.